The van der Waals surface area contributed by atoms with Crippen LogP contribution >= 0.6 is 23.2 Å². The van der Waals surface area contributed by atoms with Gasteiger partial charge in [0.25, 0.3) is 0 Å². The molecule has 6 heteroatoms. The molecule has 2 aliphatic carbocycles. The molecule has 31 heavy (non-hydrogen) atoms. The van der Waals surface area contributed by atoms with Gasteiger partial charge in [-0.15, -0.1) is 11.6 Å². The van der Waals surface area contributed by atoms with Crippen molar-refractivity contribution >= 4 is 35.0 Å². The van der Waals surface area contributed by atoms with Crippen LogP contribution in [-0.2, 0) is 9.59 Å². The van der Waals surface area contributed by atoms with Gasteiger partial charge in [-0.2, -0.15) is 0 Å². The number of carbonyl (C=O) groups is 2. The summed E-state index contributed by atoms with van der Waals surface area (Å²) in [7, 11) is 0. The van der Waals surface area contributed by atoms with Gasteiger partial charge in [-0.05, 0) is 56.9 Å². The number of benzene rings is 1. The average Bonchev–Trinajstić information content (AvgIpc) is 2.79. The molecule has 0 saturated heterocycles. The highest BCUT2D eigenvalue weighted by Gasteiger charge is 2.34. The van der Waals surface area contributed by atoms with Crippen LogP contribution in [0.3, 0.4) is 0 Å². The van der Waals surface area contributed by atoms with Gasteiger partial charge in [-0.1, -0.05) is 61.2 Å². The summed E-state index contributed by atoms with van der Waals surface area (Å²) in [6, 6.07) is 6.65. The topological polar surface area (TPSA) is 49.4 Å². The Kier molecular flexibility index (Phi) is 9.28. The van der Waals surface area contributed by atoms with Crippen LogP contribution in [0.5, 0.6) is 0 Å². The molecule has 1 saturated carbocycles. The predicted molar refractivity (Wildman–Crippen MR) is 127 cm³/mol. The van der Waals surface area contributed by atoms with Gasteiger partial charge in [-0.3, -0.25) is 9.59 Å². The molecule has 0 heterocycles. The number of hydrogen-bond acceptors (Lipinski definition) is 2. The van der Waals surface area contributed by atoms with Crippen LogP contribution in [0.15, 0.2) is 35.9 Å². The summed E-state index contributed by atoms with van der Waals surface area (Å²) in [6.45, 7) is 2.65. The standard InChI is InChI=1S/C25H34Cl2N2O2/c1-18-9-5-8-14-22(18)28-25(31)24(20-12-6-7-13-21(20)27)29(23(30)17-26)16-15-19-10-3-2-4-11-19/h6-7,10,12-13,18,22,24H,2-5,8-9,11,14-17H2,1H3,(H,28,31)/t18-,22+,24+/m1/s1. The Morgan fingerprint density at radius 1 is 1.16 bits per heavy atom. The maximum atomic E-state index is 13.6. The van der Waals surface area contributed by atoms with Crippen LogP contribution < -0.4 is 5.32 Å². The number of alkyl halides is 1. The average molecular weight is 465 g/mol. The Labute approximate surface area is 196 Å². The first-order valence-corrected chi connectivity index (χ1v) is 12.5. The Balaban J connectivity index is 1.87. The van der Waals surface area contributed by atoms with Crippen molar-refractivity contribution in [3.63, 3.8) is 0 Å². The third kappa shape index (κ3) is 6.49. The van der Waals surface area contributed by atoms with Crippen molar-refractivity contribution in [2.24, 2.45) is 5.92 Å². The van der Waals surface area contributed by atoms with Gasteiger partial charge in [0, 0.05) is 23.2 Å². The lowest BCUT2D eigenvalue weighted by molar-refractivity contribution is -0.139. The van der Waals surface area contributed by atoms with Gasteiger partial charge in [0.1, 0.15) is 11.9 Å². The van der Waals surface area contributed by atoms with E-state index in [2.05, 4.69) is 18.3 Å². The van der Waals surface area contributed by atoms with Gasteiger partial charge in [-0.25, -0.2) is 0 Å². The van der Waals surface area contributed by atoms with E-state index in [9.17, 15) is 9.59 Å². The first kappa shape index (κ1) is 24.1. The molecule has 0 aromatic heterocycles. The Bertz CT molecular complexity index is 795. The molecule has 0 unspecified atom stereocenters. The first-order chi connectivity index (χ1) is 15.0. The van der Waals surface area contributed by atoms with Crippen LogP contribution in [0.2, 0.25) is 5.02 Å². The Morgan fingerprint density at radius 3 is 2.61 bits per heavy atom. The number of hydrogen-bond donors (Lipinski definition) is 1. The molecule has 0 spiro atoms. The fourth-order valence-electron chi connectivity index (χ4n) is 4.81. The lowest BCUT2D eigenvalue weighted by Gasteiger charge is -2.35. The van der Waals surface area contributed by atoms with E-state index in [1.165, 1.54) is 24.8 Å². The van der Waals surface area contributed by atoms with Crippen LogP contribution in [0, 0.1) is 5.92 Å². The zero-order valence-electron chi connectivity index (χ0n) is 18.4. The largest absolute Gasteiger partial charge is 0.351 e. The first-order valence-electron chi connectivity index (χ1n) is 11.6. The Morgan fingerprint density at radius 2 is 1.94 bits per heavy atom. The van der Waals surface area contributed by atoms with Crippen molar-refractivity contribution in [1.82, 2.24) is 10.2 Å². The maximum Gasteiger partial charge on any atom is 0.247 e. The molecule has 1 fully saturated rings. The molecule has 1 aromatic rings. The molecule has 3 rings (SSSR count). The minimum atomic E-state index is -0.779. The number of nitrogens with one attached hydrogen (secondary N) is 1. The molecule has 0 radical (unpaired) electrons. The summed E-state index contributed by atoms with van der Waals surface area (Å²) >= 11 is 12.5. The number of nitrogens with zero attached hydrogens (tertiary/aromatic N) is 1. The van der Waals surface area contributed by atoms with Gasteiger partial charge >= 0.3 is 0 Å². The van der Waals surface area contributed by atoms with Gasteiger partial charge in [0.05, 0.1) is 0 Å². The van der Waals surface area contributed by atoms with E-state index in [4.69, 9.17) is 23.2 Å². The van der Waals surface area contributed by atoms with E-state index in [0.29, 0.717) is 23.0 Å². The molecule has 1 aromatic carbocycles. The number of amides is 2. The summed E-state index contributed by atoms with van der Waals surface area (Å²) in [4.78, 5) is 28.2. The Hall–Kier alpha value is -1.52. The summed E-state index contributed by atoms with van der Waals surface area (Å²) in [5.41, 5.74) is 2.01. The second-order valence-electron chi connectivity index (χ2n) is 8.88. The molecule has 0 aliphatic heterocycles. The van der Waals surface area contributed by atoms with E-state index in [1.54, 1.807) is 11.0 Å². The van der Waals surface area contributed by atoms with E-state index in [1.807, 2.05) is 18.2 Å². The summed E-state index contributed by atoms with van der Waals surface area (Å²) in [5, 5.41) is 3.73. The zero-order chi connectivity index (χ0) is 22.2. The van der Waals surface area contributed by atoms with E-state index >= 15 is 0 Å². The fraction of sp³-hybridized carbons (Fsp3) is 0.600. The lowest BCUT2D eigenvalue weighted by atomic mass is 9.85. The smallest absolute Gasteiger partial charge is 0.247 e. The van der Waals surface area contributed by atoms with Crippen LogP contribution in [0.1, 0.15) is 76.3 Å². The van der Waals surface area contributed by atoms with Crippen molar-refractivity contribution in [1.29, 1.82) is 0 Å². The van der Waals surface area contributed by atoms with Gasteiger partial charge < -0.3 is 10.2 Å². The molecular formula is C25H34Cl2N2O2. The second kappa shape index (κ2) is 11.9. The zero-order valence-corrected chi connectivity index (χ0v) is 19.9. The lowest BCUT2D eigenvalue weighted by Crippen LogP contribution is -2.49. The highest BCUT2D eigenvalue weighted by molar-refractivity contribution is 6.31. The van der Waals surface area contributed by atoms with Crippen molar-refractivity contribution in [2.45, 2.75) is 76.8 Å². The quantitative estimate of drug-likeness (QED) is 0.376. The van der Waals surface area contributed by atoms with E-state index < -0.39 is 6.04 Å². The molecule has 1 N–H and O–H groups in total. The van der Waals surface area contributed by atoms with Crippen LogP contribution in [0.4, 0.5) is 0 Å². The molecule has 4 nitrogen and oxygen atoms in total. The molecular weight excluding hydrogens is 431 g/mol. The van der Waals surface area contributed by atoms with Gasteiger partial charge in [0.2, 0.25) is 11.8 Å². The van der Waals surface area contributed by atoms with Crippen molar-refractivity contribution in [2.75, 3.05) is 12.4 Å². The fourth-order valence-corrected chi connectivity index (χ4v) is 5.20. The number of allylic oxidation sites excluding steroid dienone is 1. The van der Waals surface area contributed by atoms with Crippen LogP contribution in [0.25, 0.3) is 0 Å². The van der Waals surface area contributed by atoms with Gasteiger partial charge in [0.15, 0.2) is 0 Å². The van der Waals surface area contributed by atoms with Crippen molar-refractivity contribution < 1.29 is 9.59 Å². The second-order valence-corrected chi connectivity index (χ2v) is 9.55. The van der Waals surface area contributed by atoms with Crippen molar-refractivity contribution in [3.8, 4) is 0 Å². The summed E-state index contributed by atoms with van der Waals surface area (Å²) < 4.78 is 0. The summed E-state index contributed by atoms with van der Waals surface area (Å²) in [6.07, 6.45) is 12.0. The molecule has 2 amide bonds. The van der Waals surface area contributed by atoms with E-state index in [-0.39, 0.29) is 23.7 Å². The minimum absolute atomic E-state index is 0.125. The molecule has 0 bridgehead atoms. The predicted octanol–water partition coefficient (Wildman–Crippen LogP) is 6.03. The highest BCUT2D eigenvalue weighted by atomic mass is 35.5. The number of halogens is 2. The molecule has 170 valence electrons. The third-order valence-electron chi connectivity index (χ3n) is 6.69. The maximum absolute atomic E-state index is 13.6. The molecule has 2 aliphatic rings. The van der Waals surface area contributed by atoms with Crippen molar-refractivity contribution in [3.05, 3.63) is 46.5 Å². The normalized spacial score (nSPS) is 22.4. The van der Waals surface area contributed by atoms with Crippen LogP contribution in [-0.4, -0.2) is 35.2 Å². The SMILES string of the molecule is C[C@@H]1CCCC[C@@H]1NC(=O)[C@H](c1ccccc1Cl)N(CCC1=CCCCC1)C(=O)CCl. The highest BCUT2D eigenvalue weighted by Crippen LogP contribution is 2.31. The monoisotopic (exact) mass is 464 g/mol. The number of rotatable bonds is 8. The third-order valence-corrected chi connectivity index (χ3v) is 7.27. The van der Waals surface area contributed by atoms with E-state index in [0.717, 1.165) is 38.5 Å². The number of carbonyl (C=O) groups excluding carboxylic acids is 2. The summed E-state index contributed by atoms with van der Waals surface area (Å²) in [5.74, 6) is -0.139. The molecule has 3 atom stereocenters. The minimum Gasteiger partial charge on any atom is -0.351 e.